The molecule has 1 saturated heterocycles. The molecular formula is C14H15N3O4S2. The quantitative estimate of drug-likeness (QED) is 0.605. The Labute approximate surface area is 136 Å². The molecule has 2 N–H and O–H groups in total. The minimum atomic E-state index is -3.02. The smallest absolute Gasteiger partial charge is 0.259 e. The van der Waals surface area contributed by atoms with Crippen LogP contribution >= 0.6 is 11.8 Å². The molecule has 3 rings (SSSR count). The van der Waals surface area contributed by atoms with Crippen LogP contribution in [0, 0.1) is 0 Å². The number of benzene rings is 1. The van der Waals surface area contributed by atoms with Gasteiger partial charge in [-0.3, -0.25) is 9.59 Å². The van der Waals surface area contributed by atoms with Crippen LogP contribution in [0.2, 0.25) is 0 Å². The summed E-state index contributed by atoms with van der Waals surface area (Å²) in [5.41, 5.74) is 0.321. The number of aromatic amines is 1. The van der Waals surface area contributed by atoms with Crippen LogP contribution in [0.25, 0.3) is 10.9 Å². The van der Waals surface area contributed by atoms with Crippen molar-refractivity contribution in [3.63, 3.8) is 0 Å². The van der Waals surface area contributed by atoms with Crippen LogP contribution in [0.5, 0.6) is 0 Å². The van der Waals surface area contributed by atoms with Gasteiger partial charge < -0.3 is 10.3 Å². The first-order chi connectivity index (χ1) is 10.9. The first kappa shape index (κ1) is 16.0. The van der Waals surface area contributed by atoms with Crippen LogP contribution in [0.15, 0.2) is 34.2 Å². The summed E-state index contributed by atoms with van der Waals surface area (Å²) in [5, 5.41) is 3.56. The minimum absolute atomic E-state index is 0.00549. The predicted molar refractivity (Wildman–Crippen MR) is 88.3 cm³/mol. The topological polar surface area (TPSA) is 109 Å². The first-order valence-electron chi connectivity index (χ1n) is 7.05. The summed E-state index contributed by atoms with van der Waals surface area (Å²) in [6, 6.07) is 6.64. The molecule has 1 fully saturated rings. The van der Waals surface area contributed by atoms with E-state index in [-0.39, 0.29) is 34.8 Å². The number of hydrogen-bond donors (Lipinski definition) is 2. The summed E-state index contributed by atoms with van der Waals surface area (Å²) in [7, 11) is -3.02. The van der Waals surface area contributed by atoms with E-state index >= 15 is 0 Å². The molecule has 2 heterocycles. The van der Waals surface area contributed by atoms with E-state index in [1.54, 1.807) is 24.3 Å². The summed E-state index contributed by atoms with van der Waals surface area (Å²) in [5.74, 6) is -0.0929. The van der Waals surface area contributed by atoms with Gasteiger partial charge in [0.2, 0.25) is 5.91 Å². The highest BCUT2D eigenvalue weighted by atomic mass is 32.2. The highest BCUT2D eigenvalue weighted by molar-refractivity contribution is 7.99. The maximum atomic E-state index is 11.9. The molecule has 0 aliphatic carbocycles. The average molecular weight is 353 g/mol. The zero-order valence-electron chi connectivity index (χ0n) is 12.1. The van der Waals surface area contributed by atoms with Crippen molar-refractivity contribution < 1.29 is 13.2 Å². The normalized spacial score (nSPS) is 19.7. The minimum Gasteiger partial charge on any atom is -0.352 e. The van der Waals surface area contributed by atoms with Crippen molar-refractivity contribution in [1.82, 2.24) is 15.3 Å². The number of nitrogens with one attached hydrogen (secondary N) is 2. The number of rotatable bonds is 4. The third-order valence-corrected chi connectivity index (χ3v) is 6.17. The molecule has 1 atom stereocenters. The van der Waals surface area contributed by atoms with Crippen molar-refractivity contribution in [2.24, 2.45) is 0 Å². The first-order valence-corrected chi connectivity index (χ1v) is 9.85. The Kier molecular flexibility index (Phi) is 4.40. The molecule has 0 saturated carbocycles. The predicted octanol–water partition coefficient (Wildman–Crippen LogP) is 0.319. The van der Waals surface area contributed by atoms with Crippen LogP contribution in [-0.2, 0) is 14.6 Å². The van der Waals surface area contributed by atoms with Gasteiger partial charge in [0.25, 0.3) is 5.56 Å². The van der Waals surface area contributed by atoms with Crippen LogP contribution in [0.4, 0.5) is 0 Å². The van der Waals surface area contributed by atoms with Crippen molar-refractivity contribution in [2.45, 2.75) is 17.6 Å². The van der Waals surface area contributed by atoms with Crippen LogP contribution < -0.4 is 10.9 Å². The molecule has 23 heavy (non-hydrogen) atoms. The number of carbonyl (C=O) groups excluding carboxylic acids is 1. The van der Waals surface area contributed by atoms with Gasteiger partial charge in [-0.25, -0.2) is 13.4 Å². The van der Waals surface area contributed by atoms with E-state index < -0.39 is 9.84 Å². The van der Waals surface area contributed by atoms with Gasteiger partial charge in [-0.15, -0.1) is 0 Å². The molecule has 1 amide bonds. The monoisotopic (exact) mass is 353 g/mol. The van der Waals surface area contributed by atoms with Gasteiger partial charge >= 0.3 is 0 Å². The van der Waals surface area contributed by atoms with E-state index in [1.807, 2.05) is 0 Å². The number of sulfone groups is 1. The summed E-state index contributed by atoms with van der Waals surface area (Å²) < 4.78 is 22.7. The Morgan fingerprint density at radius 1 is 1.39 bits per heavy atom. The fourth-order valence-corrected chi connectivity index (χ4v) is 4.80. The van der Waals surface area contributed by atoms with Crippen LogP contribution in [0.1, 0.15) is 6.42 Å². The van der Waals surface area contributed by atoms with E-state index in [9.17, 15) is 18.0 Å². The maximum absolute atomic E-state index is 11.9. The number of para-hydroxylation sites is 1. The molecular weight excluding hydrogens is 338 g/mol. The van der Waals surface area contributed by atoms with E-state index in [4.69, 9.17) is 0 Å². The molecule has 0 radical (unpaired) electrons. The van der Waals surface area contributed by atoms with Gasteiger partial charge in [0.1, 0.15) is 0 Å². The zero-order chi connectivity index (χ0) is 16.4. The summed E-state index contributed by atoms with van der Waals surface area (Å²) in [4.78, 5) is 30.7. The van der Waals surface area contributed by atoms with Gasteiger partial charge in [0, 0.05) is 6.04 Å². The second-order valence-corrected chi connectivity index (χ2v) is 8.54. The molecule has 1 aliphatic heterocycles. The molecule has 0 bridgehead atoms. The van der Waals surface area contributed by atoms with E-state index in [1.165, 1.54) is 0 Å². The van der Waals surface area contributed by atoms with E-state index in [0.717, 1.165) is 11.8 Å². The second kappa shape index (κ2) is 6.32. The molecule has 1 aromatic carbocycles. The second-order valence-electron chi connectivity index (χ2n) is 5.34. The highest BCUT2D eigenvalue weighted by Gasteiger charge is 2.28. The van der Waals surface area contributed by atoms with Gasteiger partial charge in [-0.2, -0.15) is 0 Å². The SMILES string of the molecule is O=C(CSc1nc2ccccc2c(=O)[nH]1)NC1CCS(=O)(=O)C1. The van der Waals surface area contributed by atoms with Gasteiger partial charge in [-0.05, 0) is 18.6 Å². The Morgan fingerprint density at radius 3 is 2.91 bits per heavy atom. The van der Waals surface area contributed by atoms with Crippen molar-refractivity contribution in [3.05, 3.63) is 34.6 Å². The maximum Gasteiger partial charge on any atom is 0.259 e. The molecule has 1 unspecified atom stereocenters. The lowest BCUT2D eigenvalue weighted by Crippen LogP contribution is -2.36. The van der Waals surface area contributed by atoms with Crippen molar-refractivity contribution >= 4 is 38.4 Å². The molecule has 0 spiro atoms. The lowest BCUT2D eigenvalue weighted by atomic mass is 10.2. The molecule has 7 nitrogen and oxygen atoms in total. The lowest BCUT2D eigenvalue weighted by molar-refractivity contribution is -0.119. The fraction of sp³-hybridized carbons (Fsp3) is 0.357. The third-order valence-electron chi connectivity index (χ3n) is 3.53. The number of fused-ring (bicyclic) bond motifs is 1. The largest absolute Gasteiger partial charge is 0.352 e. The van der Waals surface area contributed by atoms with Crippen molar-refractivity contribution in [3.8, 4) is 0 Å². The molecule has 122 valence electrons. The molecule has 9 heteroatoms. The van der Waals surface area contributed by atoms with Crippen molar-refractivity contribution in [1.29, 1.82) is 0 Å². The van der Waals surface area contributed by atoms with Gasteiger partial charge in [0.15, 0.2) is 15.0 Å². The number of aromatic nitrogens is 2. The van der Waals surface area contributed by atoms with Gasteiger partial charge in [-0.1, -0.05) is 23.9 Å². The van der Waals surface area contributed by atoms with E-state index in [2.05, 4.69) is 15.3 Å². The highest BCUT2D eigenvalue weighted by Crippen LogP contribution is 2.15. The fourth-order valence-electron chi connectivity index (χ4n) is 2.45. The number of amides is 1. The number of nitrogens with zero attached hydrogens (tertiary/aromatic N) is 1. The van der Waals surface area contributed by atoms with Crippen LogP contribution in [-0.4, -0.2) is 47.6 Å². The lowest BCUT2D eigenvalue weighted by Gasteiger charge is -2.10. The number of thioether (sulfide) groups is 1. The number of hydrogen-bond acceptors (Lipinski definition) is 6. The zero-order valence-corrected chi connectivity index (χ0v) is 13.7. The molecule has 1 aliphatic rings. The Balaban J connectivity index is 1.62. The van der Waals surface area contributed by atoms with Crippen LogP contribution in [0.3, 0.4) is 0 Å². The van der Waals surface area contributed by atoms with Gasteiger partial charge in [0.05, 0.1) is 28.2 Å². The summed E-state index contributed by atoms with van der Waals surface area (Å²) in [6.45, 7) is 0. The standard InChI is InChI=1S/C14H15N3O4S2/c18-12(15-9-5-6-23(20,21)8-9)7-22-14-16-11-4-2-1-3-10(11)13(19)17-14/h1-4,9H,5-8H2,(H,15,18)(H,16,17,19). The number of H-pyrrole nitrogens is 1. The molecule has 2 aromatic rings. The Bertz CT molecular complexity index is 908. The third kappa shape index (κ3) is 3.91. The Morgan fingerprint density at radius 2 is 2.17 bits per heavy atom. The Hall–Kier alpha value is -1.87. The average Bonchev–Trinajstić information content (AvgIpc) is 2.84. The molecule has 1 aromatic heterocycles. The van der Waals surface area contributed by atoms with Crippen molar-refractivity contribution in [2.75, 3.05) is 17.3 Å². The van der Waals surface area contributed by atoms with E-state index in [0.29, 0.717) is 22.5 Å². The summed E-state index contributed by atoms with van der Waals surface area (Å²) >= 11 is 1.11. The number of carbonyl (C=O) groups is 1. The summed E-state index contributed by atoms with van der Waals surface area (Å²) in [6.07, 6.45) is 0.448.